The molecule has 0 atom stereocenters. The van der Waals surface area contributed by atoms with E-state index in [2.05, 4.69) is 10.3 Å². The predicted octanol–water partition coefficient (Wildman–Crippen LogP) is 2.64. The van der Waals surface area contributed by atoms with Crippen molar-refractivity contribution in [1.29, 1.82) is 0 Å². The highest BCUT2D eigenvalue weighted by atomic mass is 32.2. The number of hydrogen-bond acceptors (Lipinski definition) is 6. The summed E-state index contributed by atoms with van der Waals surface area (Å²) in [5, 5.41) is 4.18. The number of likely N-dealkylation sites (tertiary alicyclic amines) is 1. The van der Waals surface area contributed by atoms with Gasteiger partial charge in [-0.2, -0.15) is 0 Å². The normalized spacial score (nSPS) is 14.7. The van der Waals surface area contributed by atoms with Crippen molar-refractivity contribution in [3.05, 3.63) is 34.6 Å². The summed E-state index contributed by atoms with van der Waals surface area (Å²) in [6.45, 7) is 5.85. The molecule has 9 heteroatoms. The van der Waals surface area contributed by atoms with Crippen LogP contribution < -0.4 is 10.9 Å². The van der Waals surface area contributed by atoms with Gasteiger partial charge >= 0.3 is 6.09 Å². The van der Waals surface area contributed by atoms with Crippen molar-refractivity contribution >= 4 is 34.7 Å². The Morgan fingerprint density at radius 1 is 1.23 bits per heavy atom. The molecule has 8 nitrogen and oxygen atoms in total. The molecular formula is C21H28N4O4S. The molecule has 1 aromatic carbocycles. The number of carbonyl (C=O) groups is 2. The summed E-state index contributed by atoms with van der Waals surface area (Å²) in [6, 6.07) is 7.30. The molecule has 0 spiro atoms. The molecule has 0 aliphatic carbocycles. The first-order valence-corrected chi connectivity index (χ1v) is 11.4. The van der Waals surface area contributed by atoms with Gasteiger partial charge in [-0.25, -0.2) is 9.78 Å². The largest absolute Gasteiger partial charge is 0.450 e. The maximum atomic E-state index is 12.8. The minimum Gasteiger partial charge on any atom is -0.450 e. The zero-order valence-electron chi connectivity index (χ0n) is 17.4. The van der Waals surface area contributed by atoms with Gasteiger partial charge < -0.3 is 15.0 Å². The lowest BCUT2D eigenvalue weighted by Crippen LogP contribution is -2.47. The van der Waals surface area contributed by atoms with Crippen molar-refractivity contribution in [2.45, 2.75) is 50.9 Å². The van der Waals surface area contributed by atoms with Gasteiger partial charge in [0.2, 0.25) is 5.91 Å². The van der Waals surface area contributed by atoms with Gasteiger partial charge in [0.15, 0.2) is 5.16 Å². The number of amides is 2. The van der Waals surface area contributed by atoms with E-state index < -0.39 is 0 Å². The molecule has 1 aliphatic rings. The number of hydrogen-bond donors (Lipinski definition) is 1. The SMILES string of the molecule is CCCn1c(SCC(=O)NC2CCN(C(=O)OCC)CC2)nc2ccccc2c1=O. The van der Waals surface area contributed by atoms with Crippen LogP contribution in [-0.4, -0.2) is 57.9 Å². The van der Waals surface area contributed by atoms with Crippen LogP contribution in [0.25, 0.3) is 10.9 Å². The summed E-state index contributed by atoms with van der Waals surface area (Å²) < 4.78 is 6.67. The van der Waals surface area contributed by atoms with Crippen molar-refractivity contribution < 1.29 is 14.3 Å². The molecule has 1 fully saturated rings. The predicted molar refractivity (Wildman–Crippen MR) is 117 cm³/mol. The third-order valence-corrected chi connectivity index (χ3v) is 5.97. The summed E-state index contributed by atoms with van der Waals surface area (Å²) in [5.41, 5.74) is 0.570. The second-order valence-electron chi connectivity index (χ2n) is 7.18. The van der Waals surface area contributed by atoms with Crippen molar-refractivity contribution in [2.24, 2.45) is 0 Å². The van der Waals surface area contributed by atoms with Crippen molar-refractivity contribution in [2.75, 3.05) is 25.4 Å². The van der Waals surface area contributed by atoms with E-state index in [1.807, 2.05) is 25.1 Å². The number of piperidine rings is 1. The van der Waals surface area contributed by atoms with Crippen LogP contribution in [0.5, 0.6) is 0 Å². The molecule has 0 bridgehead atoms. The monoisotopic (exact) mass is 432 g/mol. The highest BCUT2D eigenvalue weighted by Gasteiger charge is 2.24. The average Bonchev–Trinajstić information content (AvgIpc) is 2.75. The fourth-order valence-electron chi connectivity index (χ4n) is 3.50. The van der Waals surface area contributed by atoms with Crippen molar-refractivity contribution in [3.63, 3.8) is 0 Å². The summed E-state index contributed by atoms with van der Waals surface area (Å²) in [4.78, 5) is 43.3. The van der Waals surface area contributed by atoms with E-state index in [1.165, 1.54) is 11.8 Å². The number of carbonyl (C=O) groups excluding carboxylic acids is 2. The molecule has 2 aromatic rings. The molecule has 1 saturated heterocycles. The fraction of sp³-hybridized carbons (Fsp3) is 0.524. The van der Waals surface area contributed by atoms with Crippen LogP contribution in [-0.2, 0) is 16.1 Å². The zero-order chi connectivity index (χ0) is 21.5. The quantitative estimate of drug-likeness (QED) is 0.534. The lowest BCUT2D eigenvalue weighted by atomic mass is 10.1. The number of fused-ring (bicyclic) bond motifs is 1. The van der Waals surface area contributed by atoms with E-state index in [0.717, 1.165) is 6.42 Å². The maximum absolute atomic E-state index is 12.8. The highest BCUT2D eigenvalue weighted by Crippen LogP contribution is 2.18. The fourth-order valence-corrected chi connectivity index (χ4v) is 4.34. The van der Waals surface area contributed by atoms with Gasteiger partial charge in [-0.3, -0.25) is 14.2 Å². The molecule has 30 heavy (non-hydrogen) atoms. The van der Waals surface area contributed by atoms with Crippen LogP contribution in [0.2, 0.25) is 0 Å². The van der Waals surface area contributed by atoms with E-state index >= 15 is 0 Å². The number of nitrogens with zero attached hydrogens (tertiary/aromatic N) is 3. The third kappa shape index (κ3) is 5.33. The average molecular weight is 433 g/mol. The second-order valence-corrected chi connectivity index (χ2v) is 8.13. The number of rotatable bonds is 7. The summed E-state index contributed by atoms with van der Waals surface area (Å²) >= 11 is 1.28. The van der Waals surface area contributed by atoms with E-state index in [0.29, 0.717) is 55.1 Å². The van der Waals surface area contributed by atoms with E-state index in [-0.39, 0.29) is 29.4 Å². The van der Waals surface area contributed by atoms with Gasteiger partial charge in [0, 0.05) is 25.7 Å². The van der Waals surface area contributed by atoms with Gasteiger partial charge in [-0.1, -0.05) is 30.8 Å². The first-order chi connectivity index (χ1) is 14.5. The van der Waals surface area contributed by atoms with Crippen molar-refractivity contribution in [1.82, 2.24) is 19.8 Å². The maximum Gasteiger partial charge on any atom is 0.409 e. The van der Waals surface area contributed by atoms with Crippen LogP contribution in [0, 0.1) is 0 Å². The van der Waals surface area contributed by atoms with Crippen LogP contribution in [0.3, 0.4) is 0 Å². The first-order valence-electron chi connectivity index (χ1n) is 10.4. The van der Waals surface area contributed by atoms with Gasteiger partial charge in [0.1, 0.15) is 0 Å². The third-order valence-electron chi connectivity index (χ3n) is 4.99. The lowest BCUT2D eigenvalue weighted by molar-refractivity contribution is -0.119. The van der Waals surface area contributed by atoms with Crippen molar-refractivity contribution in [3.8, 4) is 0 Å². The molecule has 0 radical (unpaired) electrons. The second kappa shape index (κ2) is 10.5. The van der Waals surface area contributed by atoms with Crippen LogP contribution in [0.1, 0.15) is 33.1 Å². The molecule has 2 heterocycles. The number of ether oxygens (including phenoxy) is 1. The molecule has 3 rings (SSSR count). The van der Waals surface area contributed by atoms with Gasteiger partial charge in [-0.15, -0.1) is 0 Å². The van der Waals surface area contributed by atoms with E-state index in [4.69, 9.17) is 4.74 Å². The standard InChI is InChI=1S/C21H28N4O4S/c1-3-11-25-19(27)16-7-5-6-8-17(16)23-20(25)30-14-18(26)22-15-9-12-24(13-10-15)21(28)29-4-2/h5-8,15H,3-4,9-14H2,1-2H3,(H,22,26). The van der Waals surface area contributed by atoms with Crippen LogP contribution in [0.15, 0.2) is 34.2 Å². The minimum absolute atomic E-state index is 0.0335. The Balaban J connectivity index is 1.59. The molecule has 1 N–H and O–H groups in total. The Kier molecular flexibility index (Phi) is 7.73. The first kappa shape index (κ1) is 22.1. The number of thioether (sulfide) groups is 1. The Hall–Kier alpha value is -2.55. The Labute approximate surface area is 180 Å². The molecule has 0 saturated carbocycles. The van der Waals surface area contributed by atoms with E-state index in [1.54, 1.807) is 22.5 Å². The molecule has 1 aliphatic heterocycles. The number of nitrogens with one attached hydrogen (secondary N) is 1. The topological polar surface area (TPSA) is 93.5 Å². The van der Waals surface area contributed by atoms with E-state index in [9.17, 15) is 14.4 Å². The smallest absolute Gasteiger partial charge is 0.409 e. The lowest BCUT2D eigenvalue weighted by Gasteiger charge is -2.31. The Morgan fingerprint density at radius 2 is 1.97 bits per heavy atom. The minimum atomic E-state index is -0.297. The van der Waals surface area contributed by atoms with Crippen LogP contribution in [0.4, 0.5) is 4.79 Å². The molecule has 162 valence electrons. The molecule has 2 amide bonds. The molecule has 1 aromatic heterocycles. The zero-order valence-corrected chi connectivity index (χ0v) is 18.2. The van der Waals surface area contributed by atoms with Gasteiger partial charge in [-0.05, 0) is 38.3 Å². The number of para-hydroxylation sites is 1. The van der Waals surface area contributed by atoms with Gasteiger partial charge in [0.05, 0.1) is 23.3 Å². The Bertz CT molecular complexity index is 954. The summed E-state index contributed by atoms with van der Waals surface area (Å²) in [6.07, 6.45) is 1.90. The molecular weight excluding hydrogens is 404 g/mol. The Morgan fingerprint density at radius 3 is 2.67 bits per heavy atom. The highest BCUT2D eigenvalue weighted by molar-refractivity contribution is 7.99. The van der Waals surface area contributed by atoms with Crippen LogP contribution >= 0.6 is 11.8 Å². The molecule has 0 unspecified atom stereocenters. The van der Waals surface area contributed by atoms with Gasteiger partial charge in [0.25, 0.3) is 5.56 Å². The summed E-state index contributed by atoms with van der Waals surface area (Å²) in [7, 11) is 0. The number of benzene rings is 1. The summed E-state index contributed by atoms with van der Waals surface area (Å²) in [5.74, 6) is 0.0899. The number of aromatic nitrogens is 2.